The van der Waals surface area contributed by atoms with Crippen LogP contribution in [0.1, 0.15) is 19.8 Å². The van der Waals surface area contributed by atoms with Gasteiger partial charge in [0.25, 0.3) is 5.91 Å². The van der Waals surface area contributed by atoms with Crippen LogP contribution in [0.25, 0.3) is 0 Å². The van der Waals surface area contributed by atoms with Gasteiger partial charge in [0.15, 0.2) is 6.61 Å². The summed E-state index contributed by atoms with van der Waals surface area (Å²) in [6, 6.07) is 4.20. The number of benzene rings is 1. The van der Waals surface area contributed by atoms with Crippen molar-refractivity contribution in [3.8, 4) is 5.75 Å². The van der Waals surface area contributed by atoms with Gasteiger partial charge in [0.05, 0.1) is 35.7 Å². The topological polar surface area (TPSA) is 102 Å². The van der Waals surface area contributed by atoms with Gasteiger partial charge in [0, 0.05) is 26.2 Å². The van der Waals surface area contributed by atoms with Gasteiger partial charge in [0.1, 0.15) is 5.75 Å². The predicted octanol–water partition coefficient (Wildman–Crippen LogP) is 1.54. The van der Waals surface area contributed by atoms with Crippen LogP contribution in [0.15, 0.2) is 23.1 Å². The maximum Gasteiger partial charge on any atom is 0.309 e. The zero-order chi connectivity index (χ0) is 22.4. The van der Waals surface area contributed by atoms with Crippen LogP contribution in [0.4, 0.5) is 0 Å². The number of nitrogens with zero attached hydrogens (tertiary/aromatic N) is 2. The number of amides is 1. The van der Waals surface area contributed by atoms with Crippen molar-refractivity contribution in [3.05, 3.63) is 23.2 Å². The fraction of sp³-hybridized carbons (Fsp3) is 0.600. The summed E-state index contributed by atoms with van der Waals surface area (Å²) in [6.07, 6.45) is 1.11. The third-order valence-corrected chi connectivity index (χ3v) is 7.52. The Labute approximate surface area is 187 Å². The number of likely N-dealkylation sites (tertiary alicyclic amines) is 1. The summed E-state index contributed by atoms with van der Waals surface area (Å²) in [5.41, 5.74) is 0. The summed E-state index contributed by atoms with van der Waals surface area (Å²) in [4.78, 5) is 26.0. The zero-order valence-electron chi connectivity index (χ0n) is 17.4. The number of hydrogen-bond acceptors (Lipinski definition) is 7. The number of ether oxygens (including phenoxy) is 3. The summed E-state index contributed by atoms with van der Waals surface area (Å²) in [5.74, 6) is -0.384. The summed E-state index contributed by atoms with van der Waals surface area (Å²) in [5, 5.41) is 0.114. The lowest BCUT2D eigenvalue weighted by Crippen LogP contribution is -2.42. The molecule has 9 nitrogen and oxygen atoms in total. The molecule has 31 heavy (non-hydrogen) atoms. The van der Waals surface area contributed by atoms with E-state index in [1.54, 1.807) is 11.8 Å². The number of carbonyl (C=O) groups is 2. The number of halogens is 1. The maximum atomic E-state index is 12.7. The highest BCUT2D eigenvalue weighted by atomic mass is 35.5. The summed E-state index contributed by atoms with van der Waals surface area (Å²) < 4.78 is 42.5. The second-order valence-electron chi connectivity index (χ2n) is 7.30. The van der Waals surface area contributed by atoms with Crippen molar-refractivity contribution in [1.29, 1.82) is 0 Å². The molecule has 1 amide bonds. The number of carbonyl (C=O) groups excluding carboxylic acids is 2. The third kappa shape index (κ3) is 5.88. The van der Waals surface area contributed by atoms with E-state index in [2.05, 4.69) is 0 Å². The molecule has 2 aliphatic heterocycles. The van der Waals surface area contributed by atoms with E-state index in [0.717, 1.165) is 0 Å². The number of esters is 1. The second-order valence-corrected chi connectivity index (χ2v) is 9.65. The quantitative estimate of drug-likeness (QED) is 0.552. The highest BCUT2D eigenvalue weighted by molar-refractivity contribution is 7.89. The van der Waals surface area contributed by atoms with E-state index in [1.165, 1.54) is 22.5 Å². The zero-order valence-corrected chi connectivity index (χ0v) is 19.0. The molecule has 2 fully saturated rings. The minimum absolute atomic E-state index is 0.0686. The molecule has 0 radical (unpaired) electrons. The standard InChI is InChI=1S/C20H27ClN2O7S/c1-2-29-20(25)15-5-7-22(8-6-15)19(24)14-30-18-4-3-16(13-17(18)21)31(26,27)23-9-11-28-12-10-23/h3-4,13,15H,2,5-12,14H2,1H3. The minimum atomic E-state index is -3.67. The molecule has 11 heteroatoms. The van der Waals surface area contributed by atoms with E-state index in [4.69, 9.17) is 25.8 Å². The van der Waals surface area contributed by atoms with Gasteiger partial charge >= 0.3 is 5.97 Å². The first-order valence-electron chi connectivity index (χ1n) is 10.3. The Kier molecular flexibility index (Phi) is 8.15. The fourth-order valence-electron chi connectivity index (χ4n) is 3.55. The van der Waals surface area contributed by atoms with Crippen molar-refractivity contribution < 1.29 is 32.2 Å². The maximum absolute atomic E-state index is 12.7. The van der Waals surface area contributed by atoms with E-state index in [1.807, 2.05) is 0 Å². The SMILES string of the molecule is CCOC(=O)C1CCN(C(=O)COc2ccc(S(=O)(=O)N3CCOCC3)cc2Cl)CC1. The Morgan fingerprint density at radius 2 is 1.84 bits per heavy atom. The first-order valence-corrected chi connectivity index (χ1v) is 12.1. The van der Waals surface area contributed by atoms with Gasteiger partial charge in [-0.2, -0.15) is 4.31 Å². The Hall–Kier alpha value is -1.88. The van der Waals surface area contributed by atoms with Crippen molar-refractivity contribution >= 4 is 33.5 Å². The minimum Gasteiger partial charge on any atom is -0.482 e. The Morgan fingerprint density at radius 1 is 1.16 bits per heavy atom. The first-order chi connectivity index (χ1) is 14.8. The van der Waals surface area contributed by atoms with Crippen molar-refractivity contribution in [3.63, 3.8) is 0 Å². The lowest BCUT2D eigenvalue weighted by Gasteiger charge is -2.30. The van der Waals surface area contributed by atoms with Gasteiger partial charge in [-0.3, -0.25) is 9.59 Å². The van der Waals surface area contributed by atoms with Gasteiger partial charge < -0.3 is 19.1 Å². The van der Waals surface area contributed by atoms with E-state index in [0.29, 0.717) is 58.8 Å². The average Bonchev–Trinajstić information content (AvgIpc) is 2.79. The smallest absolute Gasteiger partial charge is 0.309 e. The van der Waals surface area contributed by atoms with Crippen LogP contribution in [-0.4, -0.2) is 82.1 Å². The number of sulfonamides is 1. The fourth-order valence-corrected chi connectivity index (χ4v) is 5.29. The predicted molar refractivity (Wildman–Crippen MR) is 112 cm³/mol. The molecule has 1 aromatic rings. The monoisotopic (exact) mass is 474 g/mol. The second kappa shape index (κ2) is 10.6. The molecule has 1 aromatic carbocycles. The van der Waals surface area contributed by atoms with Crippen LogP contribution in [-0.2, 0) is 29.1 Å². The number of rotatable bonds is 7. The highest BCUT2D eigenvalue weighted by Crippen LogP contribution is 2.29. The molecule has 2 heterocycles. The van der Waals surface area contributed by atoms with Crippen molar-refractivity contribution in [1.82, 2.24) is 9.21 Å². The lowest BCUT2D eigenvalue weighted by atomic mass is 9.97. The Bertz CT molecular complexity index is 895. The number of piperidine rings is 1. The molecule has 0 bridgehead atoms. The van der Waals surface area contributed by atoms with Crippen LogP contribution in [0.5, 0.6) is 5.75 Å². The van der Waals surface area contributed by atoms with Crippen LogP contribution in [0.2, 0.25) is 5.02 Å². The van der Waals surface area contributed by atoms with E-state index in [9.17, 15) is 18.0 Å². The molecule has 0 aliphatic carbocycles. The van der Waals surface area contributed by atoms with E-state index < -0.39 is 10.0 Å². The highest BCUT2D eigenvalue weighted by Gasteiger charge is 2.29. The molecule has 172 valence electrons. The Morgan fingerprint density at radius 3 is 2.45 bits per heavy atom. The first kappa shape index (κ1) is 23.8. The summed E-state index contributed by atoms with van der Waals surface area (Å²) in [6.45, 7) is 4.09. The van der Waals surface area contributed by atoms with Gasteiger partial charge in [-0.15, -0.1) is 0 Å². The van der Waals surface area contributed by atoms with Gasteiger partial charge in [-0.25, -0.2) is 8.42 Å². The molecule has 0 spiro atoms. The van der Waals surface area contributed by atoms with Crippen LogP contribution in [0.3, 0.4) is 0 Å². The van der Waals surface area contributed by atoms with Crippen molar-refractivity contribution in [2.24, 2.45) is 5.92 Å². The van der Waals surface area contributed by atoms with Crippen LogP contribution in [0, 0.1) is 5.92 Å². The molecule has 2 aliphatic rings. The number of morpholine rings is 1. The van der Waals surface area contributed by atoms with Gasteiger partial charge in [-0.05, 0) is 38.0 Å². The molecule has 0 N–H and O–H groups in total. The van der Waals surface area contributed by atoms with Gasteiger partial charge in [-0.1, -0.05) is 11.6 Å². The average molecular weight is 475 g/mol. The molecule has 0 atom stereocenters. The molecule has 0 aromatic heterocycles. The van der Waals surface area contributed by atoms with E-state index in [-0.39, 0.29) is 40.1 Å². The molecular formula is C20H27ClN2O7S. The Balaban J connectivity index is 1.54. The molecular weight excluding hydrogens is 448 g/mol. The molecule has 2 saturated heterocycles. The third-order valence-electron chi connectivity index (χ3n) is 5.33. The molecule has 3 rings (SSSR count). The van der Waals surface area contributed by atoms with Crippen LogP contribution < -0.4 is 4.74 Å². The normalized spacial score (nSPS) is 18.6. The van der Waals surface area contributed by atoms with Crippen molar-refractivity contribution in [2.75, 3.05) is 52.6 Å². The molecule has 0 unspecified atom stereocenters. The number of hydrogen-bond donors (Lipinski definition) is 0. The lowest BCUT2D eigenvalue weighted by molar-refractivity contribution is -0.151. The van der Waals surface area contributed by atoms with E-state index >= 15 is 0 Å². The molecule has 0 saturated carbocycles. The summed E-state index contributed by atoms with van der Waals surface area (Å²) >= 11 is 6.22. The largest absolute Gasteiger partial charge is 0.482 e. The van der Waals surface area contributed by atoms with Gasteiger partial charge in [0.2, 0.25) is 10.0 Å². The summed E-state index contributed by atoms with van der Waals surface area (Å²) in [7, 11) is -3.67. The van der Waals surface area contributed by atoms with Crippen LogP contribution >= 0.6 is 11.6 Å². The van der Waals surface area contributed by atoms with Crippen molar-refractivity contribution in [2.45, 2.75) is 24.7 Å².